The molecular formula is C20H20F2N6O3. The first kappa shape index (κ1) is 20.5. The van der Waals surface area contributed by atoms with Crippen LogP contribution in [0.5, 0.6) is 0 Å². The van der Waals surface area contributed by atoms with E-state index in [4.69, 9.17) is 0 Å². The summed E-state index contributed by atoms with van der Waals surface area (Å²) in [7, 11) is 3.38. The number of nitrogens with zero attached hydrogens (tertiary/aromatic N) is 5. The Labute approximate surface area is 175 Å². The summed E-state index contributed by atoms with van der Waals surface area (Å²) >= 11 is 0. The maximum Gasteiger partial charge on any atom is 0.408 e. The van der Waals surface area contributed by atoms with E-state index < -0.39 is 29.7 Å². The minimum absolute atomic E-state index is 0.0194. The average Bonchev–Trinajstić information content (AvgIpc) is 3.37. The molecule has 2 amide bonds. The number of aryl methyl sites for hydroxylation is 2. The third-order valence-electron chi connectivity index (χ3n) is 5.32. The fourth-order valence-electron chi connectivity index (χ4n) is 3.99. The third-order valence-corrected chi connectivity index (χ3v) is 5.32. The Hall–Kier alpha value is -3.76. The molecule has 4 rings (SSSR count). The zero-order valence-corrected chi connectivity index (χ0v) is 16.8. The average molecular weight is 430 g/mol. The quantitative estimate of drug-likeness (QED) is 0.648. The van der Waals surface area contributed by atoms with Crippen LogP contribution in [-0.2, 0) is 27.1 Å². The molecule has 0 radical (unpaired) electrons. The summed E-state index contributed by atoms with van der Waals surface area (Å²) in [6.45, 7) is 0.0194. The third kappa shape index (κ3) is 3.86. The van der Waals surface area contributed by atoms with Crippen LogP contribution in [0.25, 0.3) is 0 Å². The summed E-state index contributed by atoms with van der Waals surface area (Å²) in [6.07, 6.45) is 3.13. The summed E-state index contributed by atoms with van der Waals surface area (Å²) in [6, 6.07) is 2.67. The molecule has 31 heavy (non-hydrogen) atoms. The van der Waals surface area contributed by atoms with E-state index in [1.54, 1.807) is 24.9 Å². The van der Waals surface area contributed by atoms with Gasteiger partial charge in [0.2, 0.25) is 0 Å². The zero-order valence-electron chi connectivity index (χ0n) is 16.8. The lowest BCUT2D eigenvalue weighted by Crippen LogP contribution is -2.32. The van der Waals surface area contributed by atoms with E-state index >= 15 is 0 Å². The summed E-state index contributed by atoms with van der Waals surface area (Å²) in [4.78, 5) is 30.2. The molecule has 2 aromatic heterocycles. The number of rotatable bonds is 5. The molecule has 0 saturated carbocycles. The smallest absolute Gasteiger partial charge is 0.408 e. The lowest BCUT2D eigenvalue weighted by molar-refractivity contribution is 0.101. The second kappa shape index (κ2) is 7.82. The molecule has 0 fully saturated rings. The number of hydrogen-bond donors (Lipinski definition) is 2. The van der Waals surface area contributed by atoms with Crippen molar-refractivity contribution < 1.29 is 23.5 Å². The predicted octanol–water partition coefficient (Wildman–Crippen LogP) is 2.85. The van der Waals surface area contributed by atoms with Gasteiger partial charge in [-0.25, -0.2) is 18.6 Å². The Morgan fingerprint density at radius 1 is 1.29 bits per heavy atom. The van der Waals surface area contributed by atoms with Crippen LogP contribution in [0.15, 0.2) is 30.7 Å². The Morgan fingerprint density at radius 3 is 2.71 bits per heavy atom. The number of anilines is 1. The summed E-state index contributed by atoms with van der Waals surface area (Å²) < 4.78 is 29.7. The van der Waals surface area contributed by atoms with Crippen LogP contribution < -0.4 is 5.32 Å². The summed E-state index contributed by atoms with van der Waals surface area (Å²) in [5, 5.41) is 16.5. The van der Waals surface area contributed by atoms with Crippen molar-refractivity contribution in [1.82, 2.24) is 24.2 Å². The van der Waals surface area contributed by atoms with E-state index in [0.29, 0.717) is 24.4 Å². The van der Waals surface area contributed by atoms with Crippen LogP contribution in [0.3, 0.4) is 0 Å². The molecule has 9 nitrogen and oxygen atoms in total. The van der Waals surface area contributed by atoms with E-state index in [-0.39, 0.29) is 12.2 Å². The van der Waals surface area contributed by atoms with Gasteiger partial charge in [0.25, 0.3) is 5.91 Å². The maximum atomic E-state index is 13.5. The molecule has 2 heterocycles. The standard InChI is InChI=1S/C20H20F2N6O3/c1-26-8-13-12(18(26)19(29)24-11-3-5-14(21)15(22)7-11)4-6-16(13)28(20(30)31)9-17-23-10-27(2)25-17/h3,5,7-8,10,16H,4,6,9H2,1-2H3,(H,24,29)(H,30,31). The Bertz CT molecular complexity index is 1170. The van der Waals surface area contributed by atoms with Gasteiger partial charge in [-0.15, -0.1) is 0 Å². The number of hydrogen-bond acceptors (Lipinski definition) is 4. The first-order chi connectivity index (χ1) is 14.7. The number of carbonyl (C=O) groups is 2. The molecule has 0 spiro atoms. The van der Waals surface area contributed by atoms with Gasteiger partial charge < -0.3 is 15.0 Å². The van der Waals surface area contributed by atoms with Crippen molar-refractivity contribution in [2.45, 2.75) is 25.4 Å². The number of benzene rings is 1. The molecule has 0 aliphatic heterocycles. The highest BCUT2D eigenvalue weighted by Gasteiger charge is 2.36. The minimum Gasteiger partial charge on any atom is -0.465 e. The second-order valence-corrected chi connectivity index (χ2v) is 7.40. The van der Waals surface area contributed by atoms with Gasteiger partial charge in [0.1, 0.15) is 12.0 Å². The highest BCUT2D eigenvalue weighted by atomic mass is 19.2. The van der Waals surface area contributed by atoms with E-state index in [1.807, 2.05) is 0 Å². The highest BCUT2D eigenvalue weighted by molar-refractivity contribution is 6.04. The molecular weight excluding hydrogens is 410 g/mol. The van der Waals surface area contributed by atoms with Gasteiger partial charge >= 0.3 is 6.09 Å². The molecule has 162 valence electrons. The van der Waals surface area contributed by atoms with E-state index in [1.165, 1.54) is 22.0 Å². The molecule has 1 aliphatic carbocycles. The number of amides is 2. The van der Waals surface area contributed by atoms with Crippen molar-refractivity contribution in [3.63, 3.8) is 0 Å². The first-order valence-electron chi connectivity index (χ1n) is 9.53. The number of carbonyl (C=O) groups excluding carboxylic acids is 1. The van der Waals surface area contributed by atoms with Gasteiger partial charge in [-0.1, -0.05) is 0 Å². The summed E-state index contributed by atoms with van der Waals surface area (Å²) in [5.74, 6) is -2.17. The van der Waals surface area contributed by atoms with Crippen molar-refractivity contribution in [3.8, 4) is 0 Å². The molecule has 1 unspecified atom stereocenters. The Morgan fingerprint density at radius 2 is 2.06 bits per heavy atom. The minimum atomic E-state index is -1.11. The first-order valence-corrected chi connectivity index (χ1v) is 9.53. The Kier molecular flexibility index (Phi) is 5.17. The van der Waals surface area contributed by atoms with Crippen LogP contribution in [0.2, 0.25) is 0 Å². The predicted molar refractivity (Wildman–Crippen MR) is 105 cm³/mol. The molecule has 0 saturated heterocycles. The van der Waals surface area contributed by atoms with E-state index in [0.717, 1.165) is 23.3 Å². The van der Waals surface area contributed by atoms with Gasteiger partial charge in [-0.3, -0.25) is 14.4 Å². The number of nitrogens with one attached hydrogen (secondary N) is 1. The highest BCUT2D eigenvalue weighted by Crippen LogP contribution is 2.39. The van der Waals surface area contributed by atoms with Crippen molar-refractivity contribution in [1.29, 1.82) is 0 Å². The molecule has 11 heteroatoms. The largest absolute Gasteiger partial charge is 0.465 e. The van der Waals surface area contributed by atoms with Gasteiger partial charge in [-0.2, -0.15) is 5.10 Å². The molecule has 1 aromatic carbocycles. The fraction of sp³-hybridized carbons (Fsp3) is 0.300. The lowest BCUT2D eigenvalue weighted by atomic mass is 10.1. The van der Waals surface area contributed by atoms with Crippen molar-refractivity contribution in [2.75, 3.05) is 5.32 Å². The van der Waals surface area contributed by atoms with Crippen LogP contribution in [0.4, 0.5) is 19.3 Å². The SMILES string of the molecule is Cn1cnc(CN(C(=O)O)C2CCc3c2cn(C)c3C(=O)Nc2ccc(F)c(F)c2)n1. The maximum absolute atomic E-state index is 13.5. The van der Waals surface area contributed by atoms with Gasteiger partial charge in [0.15, 0.2) is 17.5 Å². The van der Waals surface area contributed by atoms with Crippen molar-refractivity contribution in [3.05, 3.63) is 65.0 Å². The van der Waals surface area contributed by atoms with Crippen LogP contribution in [0.1, 0.15) is 39.9 Å². The molecule has 2 N–H and O–H groups in total. The second-order valence-electron chi connectivity index (χ2n) is 7.40. The number of fused-ring (bicyclic) bond motifs is 1. The molecule has 1 aliphatic rings. The van der Waals surface area contributed by atoms with Gasteiger partial charge in [0, 0.05) is 32.0 Å². The van der Waals surface area contributed by atoms with E-state index in [2.05, 4.69) is 15.4 Å². The van der Waals surface area contributed by atoms with Crippen molar-refractivity contribution in [2.24, 2.45) is 14.1 Å². The number of carboxylic acid groups (broad SMARTS) is 1. The topological polar surface area (TPSA) is 105 Å². The Balaban J connectivity index is 1.60. The van der Waals surface area contributed by atoms with E-state index in [9.17, 15) is 23.5 Å². The zero-order chi connectivity index (χ0) is 22.3. The van der Waals surface area contributed by atoms with Gasteiger partial charge in [0.05, 0.1) is 12.6 Å². The number of aromatic nitrogens is 4. The molecule has 1 atom stereocenters. The van der Waals surface area contributed by atoms with Crippen LogP contribution in [0, 0.1) is 11.6 Å². The monoisotopic (exact) mass is 430 g/mol. The normalized spacial score (nSPS) is 15.0. The summed E-state index contributed by atoms with van der Waals surface area (Å²) in [5.41, 5.74) is 1.94. The van der Waals surface area contributed by atoms with Crippen LogP contribution >= 0.6 is 0 Å². The molecule has 3 aromatic rings. The lowest BCUT2D eigenvalue weighted by Gasteiger charge is -2.25. The number of halogens is 2. The van der Waals surface area contributed by atoms with Crippen molar-refractivity contribution >= 4 is 17.7 Å². The van der Waals surface area contributed by atoms with Crippen LogP contribution in [-0.4, -0.2) is 41.3 Å². The van der Waals surface area contributed by atoms with Gasteiger partial charge in [-0.05, 0) is 36.1 Å². The molecule has 0 bridgehead atoms. The fourth-order valence-corrected chi connectivity index (χ4v) is 3.99.